The molecule has 0 spiro atoms. The predicted octanol–water partition coefficient (Wildman–Crippen LogP) is 5.09. The fourth-order valence-corrected chi connectivity index (χ4v) is 3.45. The van der Waals surface area contributed by atoms with Gasteiger partial charge in [-0.2, -0.15) is 18.4 Å². The summed E-state index contributed by atoms with van der Waals surface area (Å²) in [5.41, 5.74) is -1.24. The number of halogens is 4. The van der Waals surface area contributed by atoms with Crippen molar-refractivity contribution in [2.45, 2.75) is 24.6 Å². The lowest BCUT2D eigenvalue weighted by Crippen LogP contribution is -2.21. The van der Waals surface area contributed by atoms with Gasteiger partial charge in [0.1, 0.15) is 5.75 Å². The highest BCUT2D eigenvalue weighted by atomic mass is 35.5. The molecule has 1 fully saturated rings. The molecule has 1 heterocycles. The van der Waals surface area contributed by atoms with Crippen LogP contribution in [0.5, 0.6) is 5.75 Å². The molecule has 0 amide bonds. The predicted molar refractivity (Wildman–Crippen MR) is 99.1 cm³/mol. The second kappa shape index (κ2) is 6.78. The highest BCUT2D eigenvalue weighted by molar-refractivity contribution is 6.32. The minimum atomic E-state index is -4.51. The Labute approximate surface area is 169 Å². The molecule has 0 bridgehead atoms. The van der Waals surface area contributed by atoms with E-state index in [0.29, 0.717) is 30.0 Å². The van der Waals surface area contributed by atoms with Gasteiger partial charge in [0.15, 0.2) is 17.2 Å². The van der Waals surface area contributed by atoms with Crippen molar-refractivity contribution < 1.29 is 17.9 Å². The SMILES string of the molecule is Cn1c(-c2ccccc2C(F)(F)F)nnc1C1(Oc2ccc(C#N)cc2Cl)CC1. The van der Waals surface area contributed by atoms with Crippen LogP contribution in [0, 0.1) is 11.3 Å². The normalized spacial score (nSPS) is 15.0. The molecule has 4 rings (SSSR count). The first-order valence-corrected chi connectivity index (χ1v) is 9.08. The molecule has 29 heavy (non-hydrogen) atoms. The first-order chi connectivity index (χ1) is 13.7. The molecule has 1 aliphatic rings. The summed E-state index contributed by atoms with van der Waals surface area (Å²) in [4.78, 5) is 0. The Morgan fingerprint density at radius 2 is 1.90 bits per heavy atom. The summed E-state index contributed by atoms with van der Waals surface area (Å²) < 4.78 is 47.8. The molecule has 1 saturated carbocycles. The first kappa shape index (κ1) is 19.3. The van der Waals surface area contributed by atoms with E-state index in [9.17, 15) is 13.2 Å². The molecule has 1 aromatic heterocycles. The molecule has 148 valence electrons. The van der Waals surface area contributed by atoms with Gasteiger partial charge < -0.3 is 9.30 Å². The van der Waals surface area contributed by atoms with Gasteiger partial charge in [-0.25, -0.2) is 0 Å². The molecule has 3 aromatic rings. The van der Waals surface area contributed by atoms with E-state index in [-0.39, 0.29) is 16.4 Å². The Balaban J connectivity index is 1.71. The molecule has 9 heteroatoms. The summed E-state index contributed by atoms with van der Waals surface area (Å²) in [7, 11) is 1.61. The van der Waals surface area contributed by atoms with Crippen molar-refractivity contribution in [3.63, 3.8) is 0 Å². The van der Waals surface area contributed by atoms with Gasteiger partial charge in [-0.05, 0) is 37.1 Å². The second-order valence-corrected chi connectivity index (χ2v) is 7.21. The molecule has 1 aliphatic carbocycles. The Morgan fingerprint density at radius 3 is 2.52 bits per heavy atom. The van der Waals surface area contributed by atoms with Crippen LogP contribution < -0.4 is 4.74 Å². The molecule has 2 aromatic carbocycles. The minimum absolute atomic E-state index is 0.0477. The van der Waals surface area contributed by atoms with Crippen LogP contribution in [0.15, 0.2) is 42.5 Å². The van der Waals surface area contributed by atoms with Crippen molar-refractivity contribution >= 4 is 11.6 Å². The van der Waals surface area contributed by atoms with E-state index in [2.05, 4.69) is 10.2 Å². The van der Waals surface area contributed by atoms with Gasteiger partial charge in [0.2, 0.25) is 0 Å². The van der Waals surface area contributed by atoms with Crippen LogP contribution in [0.2, 0.25) is 5.02 Å². The second-order valence-electron chi connectivity index (χ2n) is 6.80. The zero-order valence-corrected chi connectivity index (χ0v) is 15.9. The molecular formula is C20H14ClF3N4O. The van der Waals surface area contributed by atoms with Crippen molar-refractivity contribution in [2.75, 3.05) is 0 Å². The molecule has 0 saturated heterocycles. The summed E-state index contributed by atoms with van der Waals surface area (Å²) in [5.74, 6) is 0.905. The topological polar surface area (TPSA) is 63.7 Å². The molecular weight excluding hydrogens is 405 g/mol. The lowest BCUT2D eigenvalue weighted by atomic mass is 10.1. The third kappa shape index (κ3) is 3.42. The largest absolute Gasteiger partial charge is 0.478 e. The summed E-state index contributed by atoms with van der Waals surface area (Å²) in [5, 5.41) is 17.4. The lowest BCUT2D eigenvalue weighted by Gasteiger charge is -2.19. The maximum absolute atomic E-state index is 13.4. The van der Waals surface area contributed by atoms with Crippen molar-refractivity contribution in [3.05, 3.63) is 64.4 Å². The summed E-state index contributed by atoms with van der Waals surface area (Å²) >= 11 is 6.20. The van der Waals surface area contributed by atoms with Gasteiger partial charge >= 0.3 is 6.18 Å². The van der Waals surface area contributed by atoms with Gasteiger partial charge in [-0.1, -0.05) is 29.8 Å². The fraction of sp³-hybridized carbons (Fsp3) is 0.250. The molecule has 0 aliphatic heterocycles. The van der Waals surface area contributed by atoms with Crippen LogP contribution in [0.25, 0.3) is 11.4 Å². The molecule has 0 N–H and O–H groups in total. The molecule has 0 unspecified atom stereocenters. The van der Waals surface area contributed by atoms with Crippen LogP contribution >= 0.6 is 11.6 Å². The van der Waals surface area contributed by atoms with Crippen LogP contribution in [0.1, 0.15) is 29.8 Å². The number of ether oxygens (including phenoxy) is 1. The zero-order chi connectivity index (χ0) is 20.8. The Hall–Kier alpha value is -3.05. The first-order valence-electron chi connectivity index (χ1n) is 8.70. The third-order valence-corrected chi connectivity index (χ3v) is 5.12. The summed E-state index contributed by atoms with van der Waals surface area (Å²) in [6.07, 6.45) is -3.26. The van der Waals surface area contributed by atoms with E-state index in [1.807, 2.05) is 6.07 Å². The highest BCUT2D eigenvalue weighted by Crippen LogP contribution is 2.50. The van der Waals surface area contributed by atoms with Gasteiger partial charge in [-0.3, -0.25) is 0 Å². The standard InChI is InChI=1S/C20H14ClF3N4O/c1-28-17(13-4-2-3-5-14(13)20(22,23)24)26-27-18(28)19(8-9-19)29-16-7-6-12(11-25)10-15(16)21/h2-7,10H,8-9H2,1H3. The van der Waals surface area contributed by atoms with Crippen LogP contribution in [-0.4, -0.2) is 14.8 Å². The van der Waals surface area contributed by atoms with Gasteiger partial charge in [0, 0.05) is 12.6 Å². The van der Waals surface area contributed by atoms with Gasteiger partial charge in [0.05, 0.1) is 22.2 Å². The van der Waals surface area contributed by atoms with E-state index >= 15 is 0 Å². The lowest BCUT2D eigenvalue weighted by molar-refractivity contribution is -0.137. The number of nitriles is 1. The quantitative estimate of drug-likeness (QED) is 0.591. The number of nitrogens with zero attached hydrogens (tertiary/aromatic N) is 4. The van der Waals surface area contributed by atoms with Crippen LogP contribution in [-0.2, 0) is 18.8 Å². The van der Waals surface area contributed by atoms with Crippen LogP contribution in [0.4, 0.5) is 13.2 Å². The number of hydrogen-bond donors (Lipinski definition) is 0. The number of rotatable bonds is 4. The molecule has 0 radical (unpaired) electrons. The summed E-state index contributed by atoms with van der Waals surface area (Å²) in [6, 6.07) is 11.9. The highest BCUT2D eigenvalue weighted by Gasteiger charge is 2.52. The molecule has 0 atom stereocenters. The monoisotopic (exact) mass is 418 g/mol. The maximum atomic E-state index is 13.4. The fourth-order valence-electron chi connectivity index (χ4n) is 3.23. The van der Waals surface area contributed by atoms with Gasteiger partial charge in [-0.15, -0.1) is 10.2 Å². The number of aromatic nitrogens is 3. The van der Waals surface area contributed by atoms with E-state index < -0.39 is 17.3 Å². The minimum Gasteiger partial charge on any atom is -0.478 e. The number of hydrogen-bond acceptors (Lipinski definition) is 4. The Morgan fingerprint density at radius 1 is 1.17 bits per heavy atom. The Kier molecular flexibility index (Phi) is 4.50. The van der Waals surface area contributed by atoms with Crippen LogP contribution in [0.3, 0.4) is 0 Å². The third-order valence-electron chi connectivity index (χ3n) is 4.83. The average molecular weight is 419 g/mol. The number of benzene rings is 2. The molecule has 5 nitrogen and oxygen atoms in total. The smallest absolute Gasteiger partial charge is 0.417 e. The van der Waals surface area contributed by atoms with E-state index in [4.69, 9.17) is 21.6 Å². The van der Waals surface area contributed by atoms with Crippen molar-refractivity contribution in [3.8, 4) is 23.2 Å². The summed E-state index contributed by atoms with van der Waals surface area (Å²) in [6.45, 7) is 0. The van der Waals surface area contributed by atoms with Crippen molar-refractivity contribution in [2.24, 2.45) is 7.05 Å². The number of alkyl halides is 3. The Bertz CT molecular complexity index is 1130. The zero-order valence-electron chi connectivity index (χ0n) is 15.2. The van der Waals surface area contributed by atoms with Gasteiger partial charge in [0.25, 0.3) is 0 Å². The van der Waals surface area contributed by atoms with E-state index in [0.717, 1.165) is 6.07 Å². The maximum Gasteiger partial charge on any atom is 0.417 e. The average Bonchev–Trinajstić information content (AvgIpc) is 3.36. The van der Waals surface area contributed by atoms with E-state index in [1.54, 1.807) is 19.2 Å². The van der Waals surface area contributed by atoms with Crippen molar-refractivity contribution in [1.29, 1.82) is 5.26 Å². The van der Waals surface area contributed by atoms with E-state index in [1.165, 1.54) is 28.8 Å². The van der Waals surface area contributed by atoms with Crippen molar-refractivity contribution in [1.82, 2.24) is 14.8 Å².